The number of hydrogen-bond donors (Lipinski definition) is 0. The van der Waals surface area contributed by atoms with Crippen molar-refractivity contribution in [2.75, 3.05) is 9.80 Å². The van der Waals surface area contributed by atoms with E-state index in [0.717, 1.165) is 9.80 Å². The number of carbonyl (C=O) groups excluding carboxylic acids is 6. The largest absolute Gasteiger partial charge is 0.276 e. The summed E-state index contributed by atoms with van der Waals surface area (Å²) in [5.41, 5.74) is 1.85. The fourth-order valence-corrected chi connectivity index (χ4v) is 5.81. The van der Waals surface area contributed by atoms with Gasteiger partial charge in [0.15, 0.2) is 0 Å². The van der Waals surface area contributed by atoms with Crippen molar-refractivity contribution in [2.45, 2.75) is 19.8 Å². The maximum Gasteiger partial charge on any atom is 0.252 e. The third-order valence-electron chi connectivity index (χ3n) is 7.32. The second-order valence-electron chi connectivity index (χ2n) is 9.43. The summed E-state index contributed by atoms with van der Waals surface area (Å²) in [5.74, 6) is -3.91. The lowest BCUT2D eigenvalue weighted by atomic mass is 9.71. The summed E-state index contributed by atoms with van der Waals surface area (Å²) in [6.07, 6.45) is 2.05. The van der Waals surface area contributed by atoms with Crippen molar-refractivity contribution in [2.24, 2.45) is 23.7 Å². The van der Waals surface area contributed by atoms with Gasteiger partial charge in [-0.25, -0.2) is 4.90 Å². The molecule has 0 bridgehead atoms. The zero-order valence-corrected chi connectivity index (χ0v) is 21.0. The third kappa shape index (κ3) is 4.20. The molecule has 1 aliphatic carbocycles. The van der Waals surface area contributed by atoms with E-state index in [-0.39, 0.29) is 41.7 Å². The first-order valence-corrected chi connectivity index (χ1v) is 12.4. The summed E-state index contributed by atoms with van der Waals surface area (Å²) in [7, 11) is 0. The normalized spacial score (nSPS) is 25.4. The van der Waals surface area contributed by atoms with Crippen LogP contribution in [0.15, 0.2) is 60.2 Å². The SMILES string of the molecule is CC1=CC(C2CC(=O)N(c3ccc(C(=O)Cl)cc3)C2=O)CC2C(=O)N(c3ccc(C(=O)Cl)cc3)C(=O)C12. The maximum absolute atomic E-state index is 13.4. The number of amides is 4. The second kappa shape index (κ2) is 9.36. The van der Waals surface area contributed by atoms with Crippen molar-refractivity contribution >= 4 is 68.7 Å². The second-order valence-corrected chi connectivity index (χ2v) is 10.1. The first kappa shape index (κ1) is 25.0. The Bertz CT molecular complexity index is 1400. The van der Waals surface area contributed by atoms with E-state index in [0.29, 0.717) is 16.9 Å². The van der Waals surface area contributed by atoms with Gasteiger partial charge in [-0.2, -0.15) is 0 Å². The van der Waals surface area contributed by atoms with Crippen LogP contribution in [0.4, 0.5) is 11.4 Å². The van der Waals surface area contributed by atoms with Gasteiger partial charge in [0.1, 0.15) is 0 Å². The molecule has 2 heterocycles. The van der Waals surface area contributed by atoms with Gasteiger partial charge in [0.25, 0.3) is 10.5 Å². The van der Waals surface area contributed by atoms with Crippen LogP contribution in [0.2, 0.25) is 0 Å². The van der Waals surface area contributed by atoms with Gasteiger partial charge in [0.05, 0.1) is 29.1 Å². The van der Waals surface area contributed by atoms with Crippen LogP contribution in [-0.4, -0.2) is 34.1 Å². The topological polar surface area (TPSA) is 109 Å². The molecule has 0 aromatic heterocycles. The quantitative estimate of drug-likeness (QED) is 0.322. The minimum Gasteiger partial charge on any atom is -0.276 e. The highest BCUT2D eigenvalue weighted by atomic mass is 35.5. The maximum atomic E-state index is 13.4. The highest BCUT2D eigenvalue weighted by Gasteiger charge is 2.54. The van der Waals surface area contributed by atoms with Gasteiger partial charge in [0.2, 0.25) is 23.6 Å². The monoisotopic (exact) mass is 538 g/mol. The van der Waals surface area contributed by atoms with Gasteiger partial charge in [-0.3, -0.25) is 33.7 Å². The number of hydrogen-bond acceptors (Lipinski definition) is 6. The van der Waals surface area contributed by atoms with E-state index < -0.39 is 40.1 Å². The van der Waals surface area contributed by atoms with Crippen molar-refractivity contribution in [3.63, 3.8) is 0 Å². The Labute approximate surface area is 221 Å². The highest BCUT2D eigenvalue weighted by Crippen LogP contribution is 2.46. The van der Waals surface area contributed by atoms with Crippen molar-refractivity contribution < 1.29 is 28.8 Å². The van der Waals surface area contributed by atoms with Gasteiger partial charge in [0, 0.05) is 17.5 Å². The number of anilines is 2. The molecule has 3 aliphatic rings. The van der Waals surface area contributed by atoms with Gasteiger partial charge < -0.3 is 0 Å². The Morgan fingerprint density at radius 2 is 1.22 bits per heavy atom. The summed E-state index contributed by atoms with van der Waals surface area (Å²) < 4.78 is 0. The fourth-order valence-electron chi connectivity index (χ4n) is 5.56. The summed E-state index contributed by atoms with van der Waals surface area (Å²) >= 11 is 11.0. The molecule has 4 atom stereocenters. The Kier molecular flexibility index (Phi) is 6.33. The molecule has 2 aromatic carbocycles. The minimum atomic E-state index is -0.677. The van der Waals surface area contributed by atoms with Crippen molar-refractivity contribution in [3.8, 4) is 0 Å². The Morgan fingerprint density at radius 1 is 0.730 bits per heavy atom. The van der Waals surface area contributed by atoms with Crippen molar-refractivity contribution in [3.05, 3.63) is 71.3 Å². The predicted octanol–water partition coefficient (Wildman–Crippen LogP) is 4.10. The summed E-state index contributed by atoms with van der Waals surface area (Å²) in [6.45, 7) is 1.76. The van der Waals surface area contributed by atoms with Gasteiger partial charge in [-0.1, -0.05) is 11.6 Å². The average Bonchev–Trinajstić information content (AvgIpc) is 3.30. The number of allylic oxidation sites excluding steroid dienone is 1. The number of benzene rings is 2. The number of halogens is 2. The first-order valence-electron chi connectivity index (χ1n) is 11.6. The zero-order chi connectivity index (χ0) is 26.6. The van der Waals surface area contributed by atoms with Crippen LogP contribution in [0.5, 0.6) is 0 Å². The number of imide groups is 2. The molecule has 4 amide bonds. The average molecular weight is 539 g/mol. The predicted molar refractivity (Wildman–Crippen MR) is 135 cm³/mol. The molecule has 5 rings (SSSR count). The summed E-state index contributed by atoms with van der Waals surface area (Å²) in [4.78, 5) is 77.7. The molecular weight excluding hydrogens is 519 g/mol. The van der Waals surface area contributed by atoms with Crippen LogP contribution in [0.25, 0.3) is 0 Å². The van der Waals surface area contributed by atoms with Gasteiger partial charge in [-0.15, -0.1) is 0 Å². The fraction of sp³-hybridized carbons (Fsp3) is 0.259. The molecule has 2 saturated heterocycles. The lowest BCUT2D eigenvalue weighted by molar-refractivity contribution is -0.125. The highest BCUT2D eigenvalue weighted by molar-refractivity contribution is 6.68. The van der Waals surface area contributed by atoms with E-state index in [4.69, 9.17) is 23.2 Å². The molecule has 4 unspecified atom stereocenters. The van der Waals surface area contributed by atoms with Gasteiger partial charge >= 0.3 is 0 Å². The Balaban J connectivity index is 1.38. The molecule has 2 aliphatic heterocycles. The van der Waals surface area contributed by atoms with E-state index >= 15 is 0 Å². The zero-order valence-electron chi connectivity index (χ0n) is 19.5. The molecule has 0 saturated carbocycles. The van der Waals surface area contributed by atoms with E-state index in [9.17, 15) is 28.8 Å². The van der Waals surface area contributed by atoms with Crippen molar-refractivity contribution in [1.82, 2.24) is 0 Å². The molecule has 2 aromatic rings. The van der Waals surface area contributed by atoms with E-state index in [1.54, 1.807) is 6.92 Å². The van der Waals surface area contributed by atoms with E-state index in [1.807, 2.05) is 6.08 Å². The third-order valence-corrected chi connectivity index (χ3v) is 7.76. The molecule has 0 N–H and O–H groups in total. The minimum absolute atomic E-state index is 0.0272. The smallest absolute Gasteiger partial charge is 0.252 e. The lowest BCUT2D eigenvalue weighted by Gasteiger charge is -2.29. The Morgan fingerprint density at radius 3 is 1.73 bits per heavy atom. The molecule has 2 fully saturated rings. The molecule has 8 nitrogen and oxygen atoms in total. The van der Waals surface area contributed by atoms with Crippen LogP contribution in [0, 0.1) is 23.7 Å². The van der Waals surface area contributed by atoms with Crippen LogP contribution in [0.3, 0.4) is 0 Å². The molecule has 10 heteroatoms. The molecular formula is C27H20Cl2N2O6. The number of fused-ring (bicyclic) bond motifs is 1. The molecule has 0 spiro atoms. The number of carbonyl (C=O) groups is 6. The molecule has 188 valence electrons. The van der Waals surface area contributed by atoms with Crippen LogP contribution in [-0.2, 0) is 19.2 Å². The lowest BCUT2D eigenvalue weighted by Crippen LogP contribution is -2.35. The molecule has 0 radical (unpaired) electrons. The van der Waals surface area contributed by atoms with E-state index in [2.05, 4.69) is 0 Å². The van der Waals surface area contributed by atoms with Crippen LogP contribution in [0.1, 0.15) is 40.5 Å². The number of nitrogens with zero attached hydrogens (tertiary/aromatic N) is 2. The molecule has 37 heavy (non-hydrogen) atoms. The Hall–Kier alpha value is -3.62. The van der Waals surface area contributed by atoms with E-state index in [1.165, 1.54) is 48.5 Å². The number of rotatable bonds is 5. The summed E-state index contributed by atoms with van der Waals surface area (Å²) in [5, 5.41) is -1.29. The van der Waals surface area contributed by atoms with Crippen LogP contribution >= 0.6 is 23.2 Å². The summed E-state index contributed by atoms with van der Waals surface area (Å²) in [6, 6.07) is 11.8. The van der Waals surface area contributed by atoms with Gasteiger partial charge in [-0.05, 0) is 91.0 Å². The van der Waals surface area contributed by atoms with Crippen LogP contribution < -0.4 is 9.80 Å². The van der Waals surface area contributed by atoms with Crippen molar-refractivity contribution in [1.29, 1.82) is 0 Å². The standard InChI is InChI=1S/C27H20Cl2N2O6/c1-13-10-16(19-12-21(32)30(25(19)35)17-6-2-14(3-7-17)23(28)33)11-20-22(13)27(37)31(26(20)36)18-8-4-15(5-9-18)24(29)34/h2-10,16,19-20,22H,11-12H2,1H3. The first-order chi connectivity index (χ1) is 17.6.